The molecule has 5 amide bonds. The number of anilines is 2. The first-order valence-corrected chi connectivity index (χ1v) is 21.2. The normalized spacial score (nSPS) is 19.6. The molecule has 354 valence electrons. The predicted octanol–water partition coefficient (Wildman–Crippen LogP) is -0.111. The van der Waals surface area contributed by atoms with Gasteiger partial charge < -0.3 is 70.8 Å². The third-order valence-electron chi connectivity index (χ3n) is 11.5. The van der Waals surface area contributed by atoms with Crippen LogP contribution in [0, 0.1) is 5.92 Å². The van der Waals surface area contributed by atoms with E-state index in [4.69, 9.17) is 29.4 Å². The van der Waals surface area contributed by atoms with Gasteiger partial charge in [0.05, 0.1) is 37.3 Å². The molecule has 22 nitrogen and oxygen atoms in total. The molecule has 0 radical (unpaired) electrons. The first-order valence-electron chi connectivity index (χ1n) is 21.2. The number of amides is 5. The second-order valence-electron chi connectivity index (χ2n) is 16.2. The first-order chi connectivity index (χ1) is 31.4. The molecular weight excluding hydrogens is 867 g/mol. The van der Waals surface area contributed by atoms with Gasteiger partial charge in [-0.25, -0.2) is 9.59 Å². The number of carbonyl (C=O) groups is 7. The number of cyclic esters (lactones) is 1. The average molecular weight is 920 g/mol. The molecule has 6 rings (SSSR count). The lowest BCUT2D eigenvalue weighted by Crippen LogP contribution is -2.59. The molecule has 0 aliphatic carbocycles. The van der Waals surface area contributed by atoms with Crippen molar-refractivity contribution in [1.82, 2.24) is 20.5 Å². The largest absolute Gasteiger partial charge is 0.514 e. The fourth-order valence-corrected chi connectivity index (χ4v) is 7.91. The SMILES string of the molecule is CC[C@@]1(O)C(=O)OCc2c1cc1n(c2=O)CC2Cc3cc(OC(=O)OCc4ccc(NC(=O)[C@H](CC(N)=O)NC(=O)[C@@H](NC(=O)[C@@H](C)NC(=O)COCCOC)C(C)O)cc4)ccc3NC12. The summed E-state index contributed by atoms with van der Waals surface area (Å²) in [5, 5.41) is 34.5. The van der Waals surface area contributed by atoms with E-state index < -0.39 is 77.9 Å². The summed E-state index contributed by atoms with van der Waals surface area (Å²) in [7, 11) is 1.47. The number of aliphatic hydroxyl groups is 2. The number of carbonyl (C=O) groups excluding carboxylic acids is 7. The number of nitrogens with one attached hydrogen (secondary N) is 5. The monoisotopic (exact) mass is 919 g/mol. The molecule has 7 atom stereocenters. The van der Waals surface area contributed by atoms with Crippen molar-refractivity contribution in [2.45, 2.75) is 95.7 Å². The van der Waals surface area contributed by atoms with Crippen molar-refractivity contribution in [2.75, 3.05) is 37.6 Å². The molecule has 3 aromatic rings. The minimum atomic E-state index is -1.91. The Bertz CT molecular complexity index is 2420. The maximum atomic E-state index is 13.5. The summed E-state index contributed by atoms with van der Waals surface area (Å²) in [6.07, 6.45) is -2.50. The van der Waals surface area contributed by atoms with Crippen molar-refractivity contribution in [3.8, 4) is 5.75 Å². The van der Waals surface area contributed by atoms with Crippen molar-refractivity contribution >= 4 is 53.0 Å². The van der Waals surface area contributed by atoms with Crippen LogP contribution in [-0.4, -0.2) is 108 Å². The standard InChI is InChI=1S/C44H53N7O15/c1-5-44(61)30-16-33-37-26(18-51(33)41(58)29(30)20-64-42(44)59)14-25-15-28(10-11-31(25)48-37)66-43(60)65-19-24-6-8-27(9-7-24)47-39(56)32(17-34(45)53)49-40(57)36(23(3)52)50-38(55)22(2)46-35(54)21-63-13-12-62-4/h6-11,15-16,22-23,26,32,36-37,48,52,61H,5,12-14,17-21H2,1-4H3,(H2,45,53)(H,46,54)(H,47,56)(H,49,57)(H,50,55)/t22-,23?,26?,32+,36+,37?,44+/m1/s1. The first kappa shape index (κ1) is 48.6. The highest BCUT2D eigenvalue weighted by Gasteiger charge is 2.47. The van der Waals surface area contributed by atoms with Crippen LogP contribution in [0.15, 0.2) is 53.3 Å². The van der Waals surface area contributed by atoms with E-state index in [0.717, 1.165) is 11.3 Å². The lowest BCUT2D eigenvalue weighted by Gasteiger charge is -2.33. The number of aliphatic hydroxyl groups excluding tert-OH is 1. The van der Waals surface area contributed by atoms with Gasteiger partial charge in [-0.1, -0.05) is 19.1 Å². The van der Waals surface area contributed by atoms with E-state index in [1.807, 2.05) is 0 Å². The highest BCUT2D eigenvalue weighted by Crippen LogP contribution is 2.44. The van der Waals surface area contributed by atoms with Crippen LogP contribution in [0.4, 0.5) is 16.2 Å². The highest BCUT2D eigenvalue weighted by atomic mass is 16.7. The molecule has 9 N–H and O–H groups in total. The van der Waals surface area contributed by atoms with Gasteiger partial charge in [-0.05, 0) is 74.2 Å². The van der Waals surface area contributed by atoms with E-state index >= 15 is 0 Å². The van der Waals surface area contributed by atoms with Gasteiger partial charge in [-0.15, -0.1) is 0 Å². The summed E-state index contributed by atoms with van der Waals surface area (Å²) in [4.78, 5) is 102. The van der Waals surface area contributed by atoms with Crippen molar-refractivity contribution in [2.24, 2.45) is 11.7 Å². The molecule has 2 aromatic carbocycles. The number of primary amides is 1. The molecule has 0 fully saturated rings. The van der Waals surface area contributed by atoms with Gasteiger partial charge in [-0.2, -0.15) is 0 Å². The van der Waals surface area contributed by atoms with Gasteiger partial charge in [0, 0.05) is 42.2 Å². The predicted molar refractivity (Wildman–Crippen MR) is 230 cm³/mol. The fraction of sp³-hybridized carbons (Fsp3) is 0.455. The third kappa shape index (κ3) is 11.1. The van der Waals surface area contributed by atoms with Crippen LogP contribution in [0.3, 0.4) is 0 Å². The van der Waals surface area contributed by atoms with Crippen LogP contribution >= 0.6 is 0 Å². The number of nitrogens with zero attached hydrogens (tertiary/aromatic N) is 1. The highest BCUT2D eigenvalue weighted by molar-refractivity contribution is 6.01. The minimum absolute atomic E-state index is 0.0502. The van der Waals surface area contributed by atoms with Crippen LogP contribution in [0.2, 0.25) is 0 Å². The molecule has 3 unspecified atom stereocenters. The molecule has 0 saturated heterocycles. The minimum Gasteiger partial charge on any atom is -0.458 e. The van der Waals surface area contributed by atoms with Crippen molar-refractivity contribution < 1.29 is 67.5 Å². The third-order valence-corrected chi connectivity index (χ3v) is 11.5. The lowest BCUT2D eigenvalue weighted by atomic mass is 9.84. The zero-order valence-corrected chi connectivity index (χ0v) is 36.7. The molecular formula is C44H53N7O15. The van der Waals surface area contributed by atoms with Crippen LogP contribution in [0.1, 0.15) is 67.6 Å². The molecule has 0 bridgehead atoms. The molecule has 3 aliphatic heterocycles. The second-order valence-corrected chi connectivity index (χ2v) is 16.2. The Hall–Kier alpha value is -6.88. The lowest BCUT2D eigenvalue weighted by molar-refractivity contribution is -0.172. The molecule has 1 aromatic heterocycles. The van der Waals surface area contributed by atoms with E-state index in [0.29, 0.717) is 24.2 Å². The maximum absolute atomic E-state index is 13.5. The summed E-state index contributed by atoms with van der Waals surface area (Å²) in [6.45, 7) is 4.25. The number of hydrogen-bond acceptors (Lipinski definition) is 16. The summed E-state index contributed by atoms with van der Waals surface area (Å²) in [6, 6.07) is 8.29. The number of hydrogen-bond donors (Lipinski definition) is 8. The number of aromatic nitrogens is 1. The Morgan fingerprint density at radius 3 is 2.41 bits per heavy atom. The Kier molecular flexibility index (Phi) is 15.4. The summed E-state index contributed by atoms with van der Waals surface area (Å²) < 4.78 is 27.5. The molecule has 0 saturated carbocycles. The van der Waals surface area contributed by atoms with Crippen LogP contribution in [-0.2, 0) is 79.5 Å². The number of nitrogens with two attached hydrogens (primary N) is 1. The van der Waals surface area contributed by atoms with Gasteiger partial charge >= 0.3 is 12.1 Å². The van der Waals surface area contributed by atoms with E-state index in [-0.39, 0.29) is 79.5 Å². The number of methoxy groups -OCH3 is 1. The quantitative estimate of drug-likeness (QED) is 0.0442. The number of esters is 1. The maximum Gasteiger partial charge on any atom is 0.514 e. The summed E-state index contributed by atoms with van der Waals surface area (Å²) in [5.41, 5.74) is 6.68. The van der Waals surface area contributed by atoms with E-state index in [1.165, 1.54) is 33.1 Å². The van der Waals surface area contributed by atoms with Gasteiger partial charge in [0.15, 0.2) is 5.60 Å². The average Bonchev–Trinajstić information content (AvgIpc) is 3.64. The van der Waals surface area contributed by atoms with Crippen LogP contribution in [0.25, 0.3) is 0 Å². The molecule has 66 heavy (non-hydrogen) atoms. The smallest absolute Gasteiger partial charge is 0.458 e. The van der Waals surface area contributed by atoms with Crippen LogP contribution in [0.5, 0.6) is 5.75 Å². The van der Waals surface area contributed by atoms with Gasteiger partial charge in [0.1, 0.15) is 43.7 Å². The van der Waals surface area contributed by atoms with E-state index in [2.05, 4.69) is 26.6 Å². The molecule has 22 heteroatoms. The van der Waals surface area contributed by atoms with Crippen LogP contribution < -0.4 is 42.6 Å². The number of rotatable bonds is 19. The Morgan fingerprint density at radius 1 is 0.985 bits per heavy atom. The topological polar surface area (TPSA) is 314 Å². The summed E-state index contributed by atoms with van der Waals surface area (Å²) in [5.74, 6) is -4.85. The number of pyridine rings is 1. The molecule has 0 spiro atoms. The van der Waals surface area contributed by atoms with Gasteiger partial charge in [0.2, 0.25) is 29.5 Å². The number of fused-ring (bicyclic) bond motifs is 5. The Balaban J connectivity index is 0.994. The van der Waals surface area contributed by atoms with Crippen molar-refractivity contribution in [3.05, 3.63) is 86.8 Å². The second kappa shape index (κ2) is 21.0. The summed E-state index contributed by atoms with van der Waals surface area (Å²) >= 11 is 0. The fourth-order valence-electron chi connectivity index (χ4n) is 7.91. The van der Waals surface area contributed by atoms with E-state index in [9.17, 15) is 48.6 Å². The van der Waals surface area contributed by atoms with E-state index in [1.54, 1.807) is 47.9 Å². The zero-order chi connectivity index (χ0) is 47.9. The van der Waals surface area contributed by atoms with Gasteiger partial charge in [0.25, 0.3) is 5.56 Å². The number of ether oxygens (including phenoxy) is 5. The number of benzene rings is 2. The Morgan fingerprint density at radius 2 is 1.73 bits per heavy atom. The zero-order valence-electron chi connectivity index (χ0n) is 36.7. The Labute approximate surface area is 377 Å². The van der Waals surface area contributed by atoms with Gasteiger partial charge in [-0.3, -0.25) is 28.8 Å². The molecule has 3 aliphatic rings. The molecule has 4 heterocycles. The van der Waals surface area contributed by atoms with Crippen molar-refractivity contribution in [1.29, 1.82) is 0 Å². The van der Waals surface area contributed by atoms with Crippen molar-refractivity contribution in [3.63, 3.8) is 0 Å².